The van der Waals surface area contributed by atoms with Crippen molar-refractivity contribution in [1.82, 2.24) is 14.9 Å². The van der Waals surface area contributed by atoms with Gasteiger partial charge in [0, 0.05) is 48.0 Å². The van der Waals surface area contributed by atoms with E-state index < -0.39 is 21.2 Å². The van der Waals surface area contributed by atoms with Crippen molar-refractivity contribution >= 4 is 44.3 Å². The molecule has 11 heteroatoms. The third-order valence-electron chi connectivity index (χ3n) is 6.77. The number of nitrogens with one attached hydrogen (secondary N) is 2. The van der Waals surface area contributed by atoms with Gasteiger partial charge >= 0.3 is 0 Å². The minimum atomic E-state index is -3.81. The van der Waals surface area contributed by atoms with E-state index in [4.69, 9.17) is 9.47 Å². The lowest BCUT2D eigenvalue weighted by Gasteiger charge is -2.26. The molecule has 39 heavy (non-hydrogen) atoms. The average molecular weight is 546 g/mol. The topological polar surface area (TPSA) is 126 Å². The molecule has 2 aliphatic heterocycles. The first kappa shape index (κ1) is 25.2. The molecule has 4 heterocycles. The highest BCUT2D eigenvalue weighted by molar-refractivity contribution is 7.93. The molecule has 1 atom stereocenters. The molecule has 1 aromatic carbocycles. The number of pyridine rings is 1. The van der Waals surface area contributed by atoms with Gasteiger partial charge in [0.25, 0.3) is 5.91 Å². The van der Waals surface area contributed by atoms with Gasteiger partial charge in [-0.1, -0.05) is 12.2 Å². The van der Waals surface area contributed by atoms with Gasteiger partial charge < -0.3 is 14.5 Å². The van der Waals surface area contributed by atoms with E-state index in [1.807, 2.05) is 24.3 Å². The third kappa shape index (κ3) is 5.56. The quantitative estimate of drug-likeness (QED) is 0.417. The smallest absolute Gasteiger partial charge is 0.278 e. The number of morpholine rings is 1. The lowest BCUT2D eigenvalue weighted by atomic mass is 9.97. The second kappa shape index (κ2) is 10.6. The number of aromatic amines is 1. The highest BCUT2D eigenvalue weighted by atomic mass is 32.2. The Morgan fingerprint density at radius 3 is 2.90 bits per heavy atom. The molecule has 1 amide bonds. The molecule has 3 aliphatic rings. The summed E-state index contributed by atoms with van der Waals surface area (Å²) in [6.07, 6.45) is 9.35. The van der Waals surface area contributed by atoms with Gasteiger partial charge in [-0.2, -0.15) is 0 Å². The van der Waals surface area contributed by atoms with E-state index in [9.17, 15) is 13.2 Å². The summed E-state index contributed by atoms with van der Waals surface area (Å²) in [5.74, 6) is 0.357. The minimum absolute atomic E-state index is 0.337. The zero-order valence-corrected chi connectivity index (χ0v) is 21.9. The van der Waals surface area contributed by atoms with Crippen LogP contribution < -0.4 is 9.46 Å². The van der Waals surface area contributed by atoms with Crippen LogP contribution >= 0.6 is 0 Å². The number of aromatic nitrogens is 2. The maximum atomic E-state index is 13.0. The Hall–Kier alpha value is -4.06. The van der Waals surface area contributed by atoms with E-state index in [-0.39, 0.29) is 0 Å². The van der Waals surface area contributed by atoms with Gasteiger partial charge in [-0.05, 0) is 48.6 Å². The molecule has 3 aromatic rings. The van der Waals surface area contributed by atoms with Crippen molar-refractivity contribution in [2.45, 2.75) is 5.25 Å². The van der Waals surface area contributed by atoms with Crippen LogP contribution in [0.2, 0.25) is 0 Å². The molecule has 6 rings (SSSR count). The number of aliphatic imine (C=N–C) groups is 1. The van der Waals surface area contributed by atoms with Crippen LogP contribution in [0.3, 0.4) is 0 Å². The van der Waals surface area contributed by atoms with E-state index in [1.54, 1.807) is 36.6 Å². The molecule has 10 nitrogen and oxygen atoms in total. The molecule has 200 valence electrons. The molecule has 1 unspecified atom stereocenters. The molecule has 1 saturated heterocycles. The van der Waals surface area contributed by atoms with Crippen LogP contribution in [0.25, 0.3) is 17.0 Å². The second-order valence-electron chi connectivity index (χ2n) is 9.43. The summed E-state index contributed by atoms with van der Waals surface area (Å²) in [4.78, 5) is 26.4. The summed E-state index contributed by atoms with van der Waals surface area (Å²) in [6.45, 7) is 4.78. The Morgan fingerprint density at radius 1 is 1.21 bits per heavy atom. The Labute approximate surface area is 225 Å². The van der Waals surface area contributed by atoms with Gasteiger partial charge in [0.2, 0.25) is 10.0 Å². The predicted octanol–water partition coefficient (Wildman–Crippen LogP) is 2.95. The van der Waals surface area contributed by atoms with Crippen LogP contribution in [0.4, 0.5) is 5.69 Å². The first-order valence-electron chi connectivity index (χ1n) is 12.7. The largest absolute Gasteiger partial charge is 0.492 e. The van der Waals surface area contributed by atoms with Crippen LogP contribution in [0, 0.1) is 0 Å². The number of anilines is 1. The Morgan fingerprint density at radius 2 is 2.08 bits per heavy atom. The highest BCUT2D eigenvalue weighted by Gasteiger charge is 2.32. The van der Waals surface area contributed by atoms with Gasteiger partial charge in [-0.25, -0.2) is 13.4 Å². The zero-order valence-electron chi connectivity index (χ0n) is 21.0. The highest BCUT2D eigenvalue weighted by Crippen LogP contribution is 2.31. The molecule has 0 radical (unpaired) electrons. The number of rotatable bonds is 8. The average Bonchev–Trinajstić information content (AvgIpc) is 3.48. The van der Waals surface area contributed by atoms with E-state index >= 15 is 0 Å². The van der Waals surface area contributed by atoms with Crippen molar-refractivity contribution in [2.24, 2.45) is 4.99 Å². The van der Waals surface area contributed by atoms with Gasteiger partial charge in [-0.3, -0.25) is 19.4 Å². The van der Waals surface area contributed by atoms with Crippen molar-refractivity contribution in [3.8, 4) is 5.75 Å². The van der Waals surface area contributed by atoms with E-state index in [1.165, 1.54) is 12.3 Å². The first-order valence-corrected chi connectivity index (χ1v) is 14.2. The maximum absolute atomic E-state index is 13.0. The Balaban J connectivity index is 1.19. The Kier molecular flexibility index (Phi) is 6.86. The van der Waals surface area contributed by atoms with Crippen LogP contribution in [0.1, 0.15) is 5.69 Å². The summed E-state index contributed by atoms with van der Waals surface area (Å²) in [5.41, 5.74) is 3.25. The number of ether oxygens (including phenoxy) is 2. The number of carbonyl (C=O) groups excluding carboxylic acids is 1. The standard InChI is InChI=1S/C28H27N5O5S/c34-28-25(24-17-23(4-6-27(24)31-28)39(35,36)32-20-2-1-7-29-18-20)16-21-14-19-15-22(3-5-26(19)30-21)38-13-10-33-8-11-37-12-9-33/h1-7,14-18,23,30,32H,8-13H2/b25-16+. The number of amides is 1. The molecular formula is C28H27N5O5S. The fraction of sp³-hybridized carbons (Fsp3) is 0.250. The molecule has 0 saturated carbocycles. The molecule has 0 spiro atoms. The molecule has 1 aliphatic carbocycles. The van der Waals surface area contributed by atoms with Crippen LogP contribution in [0.15, 0.2) is 83.2 Å². The number of sulfonamides is 1. The number of benzene rings is 1. The Bertz CT molecular complexity index is 1630. The molecule has 0 bridgehead atoms. The number of hydrogen-bond acceptors (Lipinski definition) is 7. The van der Waals surface area contributed by atoms with Crippen molar-refractivity contribution < 1.29 is 22.7 Å². The number of nitrogens with zero attached hydrogens (tertiary/aromatic N) is 3. The summed E-state index contributed by atoms with van der Waals surface area (Å²) in [5, 5.41) is -0.0307. The fourth-order valence-corrected chi connectivity index (χ4v) is 5.94. The normalized spacial score (nSPS) is 20.7. The number of fused-ring (bicyclic) bond motifs is 2. The molecule has 2 N–H and O–H groups in total. The number of carbonyl (C=O) groups is 1. The summed E-state index contributed by atoms with van der Waals surface area (Å²) in [7, 11) is -3.81. The van der Waals surface area contributed by atoms with Crippen molar-refractivity contribution in [2.75, 3.05) is 44.2 Å². The minimum Gasteiger partial charge on any atom is -0.492 e. The predicted molar refractivity (Wildman–Crippen MR) is 149 cm³/mol. The van der Waals surface area contributed by atoms with Crippen LogP contribution in [-0.4, -0.2) is 79.6 Å². The summed E-state index contributed by atoms with van der Waals surface area (Å²) >= 11 is 0. The van der Waals surface area contributed by atoms with Crippen molar-refractivity contribution in [3.63, 3.8) is 0 Å². The van der Waals surface area contributed by atoms with Gasteiger partial charge in [0.15, 0.2) is 0 Å². The van der Waals surface area contributed by atoms with Gasteiger partial charge in [-0.15, -0.1) is 0 Å². The van der Waals surface area contributed by atoms with E-state index in [0.29, 0.717) is 34.8 Å². The second-order valence-corrected chi connectivity index (χ2v) is 11.3. The van der Waals surface area contributed by atoms with E-state index in [0.717, 1.165) is 49.5 Å². The van der Waals surface area contributed by atoms with Crippen molar-refractivity contribution in [1.29, 1.82) is 0 Å². The van der Waals surface area contributed by atoms with E-state index in [2.05, 4.69) is 24.6 Å². The SMILES string of the molecule is O=C1N=C2C=CC(S(=O)(=O)Nc3cccnc3)C=C2/C1=C\c1cc2cc(OCCN3CCOCC3)ccc2[nH]1. The summed E-state index contributed by atoms with van der Waals surface area (Å²) in [6, 6.07) is 11.0. The molecular weight excluding hydrogens is 518 g/mol. The monoisotopic (exact) mass is 545 g/mol. The fourth-order valence-electron chi connectivity index (χ4n) is 4.75. The lowest BCUT2D eigenvalue weighted by Crippen LogP contribution is -2.38. The summed E-state index contributed by atoms with van der Waals surface area (Å²) < 4.78 is 39.9. The zero-order chi connectivity index (χ0) is 26.8. The molecule has 2 aromatic heterocycles. The van der Waals surface area contributed by atoms with Crippen molar-refractivity contribution in [3.05, 3.63) is 83.9 Å². The number of hydrogen-bond donors (Lipinski definition) is 2. The number of allylic oxidation sites excluding steroid dienone is 1. The first-order chi connectivity index (χ1) is 18.9. The van der Waals surface area contributed by atoms with Crippen LogP contribution in [0.5, 0.6) is 5.75 Å². The van der Waals surface area contributed by atoms with Gasteiger partial charge in [0.1, 0.15) is 17.6 Å². The van der Waals surface area contributed by atoms with Gasteiger partial charge in [0.05, 0.1) is 36.4 Å². The lowest BCUT2D eigenvalue weighted by molar-refractivity contribution is -0.113. The van der Waals surface area contributed by atoms with Crippen LogP contribution in [-0.2, 0) is 19.6 Å². The number of H-pyrrole nitrogens is 1. The maximum Gasteiger partial charge on any atom is 0.278 e. The molecule has 1 fully saturated rings. The third-order valence-corrected chi connectivity index (χ3v) is 8.30.